The third-order valence-electron chi connectivity index (χ3n) is 5.13. The van der Waals surface area contributed by atoms with E-state index in [-0.39, 0.29) is 5.91 Å². The first-order valence-electron chi connectivity index (χ1n) is 9.23. The first-order chi connectivity index (χ1) is 12.2. The molecule has 2 aromatic rings. The van der Waals surface area contributed by atoms with Gasteiger partial charge in [0.25, 0.3) is 5.91 Å². The molecule has 130 valence electrons. The van der Waals surface area contributed by atoms with Crippen molar-refractivity contribution in [2.45, 2.75) is 51.5 Å². The van der Waals surface area contributed by atoms with Gasteiger partial charge in [0.05, 0.1) is 0 Å². The van der Waals surface area contributed by atoms with E-state index in [1.54, 1.807) is 0 Å². The Kier molecular flexibility index (Phi) is 4.38. The number of nitrogens with zero attached hydrogens (tertiary/aromatic N) is 3. The normalized spacial score (nSPS) is 17.4. The molecule has 4 rings (SSSR count). The number of nitrogens with one attached hydrogen (secondary N) is 1. The van der Waals surface area contributed by atoms with Gasteiger partial charge in [0.15, 0.2) is 0 Å². The summed E-state index contributed by atoms with van der Waals surface area (Å²) in [4.78, 5) is 23.8. The molecule has 25 heavy (non-hydrogen) atoms. The molecule has 1 saturated carbocycles. The number of aromatic nitrogens is 2. The van der Waals surface area contributed by atoms with Crippen LogP contribution in [0.15, 0.2) is 30.3 Å². The van der Waals surface area contributed by atoms with Gasteiger partial charge < -0.3 is 10.2 Å². The number of fused-ring (bicyclic) bond motifs is 1. The number of para-hydroxylation sites is 1. The van der Waals surface area contributed by atoms with Crippen LogP contribution in [0.1, 0.15) is 54.0 Å². The van der Waals surface area contributed by atoms with Crippen LogP contribution in [-0.4, -0.2) is 28.5 Å². The van der Waals surface area contributed by atoms with Gasteiger partial charge in [-0.05, 0) is 44.2 Å². The lowest BCUT2D eigenvalue weighted by molar-refractivity contribution is 0.0932. The third kappa shape index (κ3) is 3.36. The number of rotatable bonds is 3. The van der Waals surface area contributed by atoms with Crippen molar-refractivity contribution in [2.75, 3.05) is 11.4 Å². The molecule has 0 saturated heterocycles. The van der Waals surface area contributed by atoms with E-state index in [2.05, 4.69) is 44.5 Å². The van der Waals surface area contributed by atoms with E-state index in [1.165, 1.54) is 24.1 Å². The van der Waals surface area contributed by atoms with E-state index in [0.717, 1.165) is 38.0 Å². The highest BCUT2D eigenvalue weighted by Crippen LogP contribution is 2.32. The zero-order valence-corrected chi connectivity index (χ0v) is 14.7. The minimum absolute atomic E-state index is 0.0797. The smallest absolute Gasteiger partial charge is 0.270 e. The van der Waals surface area contributed by atoms with E-state index < -0.39 is 0 Å². The predicted molar refractivity (Wildman–Crippen MR) is 98.3 cm³/mol. The summed E-state index contributed by atoms with van der Waals surface area (Å²) in [5.41, 5.74) is 2.99. The lowest BCUT2D eigenvalue weighted by atomic mass is 10.0. The van der Waals surface area contributed by atoms with E-state index in [9.17, 15) is 4.79 Å². The van der Waals surface area contributed by atoms with E-state index in [1.807, 2.05) is 13.0 Å². The molecule has 1 aliphatic heterocycles. The van der Waals surface area contributed by atoms with E-state index in [4.69, 9.17) is 0 Å². The summed E-state index contributed by atoms with van der Waals surface area (Å²) in [6.07, 6.45) is 6.72. The summed E-state index contributed by atoms with van der Waals surface area (Å²) < 4.78 is 0. The zero-order chi connectivity index (χ0) is 17.2. The molecule has 0 atom stereocenters. The number of amides is 1. The minimum atomic E-state index is -0.0797. The Morgan fingerprint density at radius 3 is 2.80 bits per heavy atom. The van der Waals surface area contributed by atoms with Gasteiger partial charge in [0.2, 0.25) is 0 Å². The minimum Gasteiger partial charge on any atom is -0.348 e. The molecule has 0 unspecified atom stereocenters. The maximum atomic E-state index is 12.6. The second-order valence-electron chi connectivity index (χ2n) is 7.00. The molecular weight excluding hydrogens is 312 g/mol. The average molecular weight is 336 g/mol. The molecule has 1 aliphatic carbocycles. The Labute approximate surface area is 148 Å². The maximum absolute atomic E-state index is 12.6. The van der Waals surface area contributed by atoms with Crippen LogP contribution in [-0.2, 0) is 6.42 Å². The average Bonchev–Trinajstić information content (AvgIpc) is 3.13. The first kappa shape index (κ1) is 16.1. The molecule has 2 aliphatic rings. The highest BCUT2D eigenvalue weighted by Gasteiger charge is 2.23. The largest absolute Gasteiger partial charge is 0.348 e. The van der Waals surface area contributed by atoms with Crippen molar-refractivity contribution in [1.82, 2.24) is 15.3 Å². The van der Waals surface area contributed by atoms with E-state index in [0.29, 0.717) is 17.6 Å². The van der Waals surface area contributed by atoms with Crippen LogP contribution in [0.25, 0.3) is 0 Å². The number of aryl methyl sites for hydroxylation is 2. The Bertz CT molecular complexity index is 783. The van der Waals surface area contributed by atoms with Crippen LogP contribution in [0.3, 0.4) is 0 Å². The van der Waals surface area contributed by atoms with Crippen molar-refractivity contribution >= 4 is 17.4 Å². The van der Waals surface area contributed by atoms with Crippen molar-refractivity contribution in [3.05, 3.63) is 47.4 Å². The van der Waals surface area contributed by atoms with Gasteiger partial charge in [0, 0.05) is 24.3 Å². The standard InChI is InChI=1S/C20H24N4O/c1-14-21-17(20(25)23-16-9-3-4-10-16)13-19(22-14)24-12-6-8-15-7-2-5-11-18(15)24/h2,5,7,11,13,16H,3-4,6,8-10,12H2,1H3,(H,23,25). The number of carbonyl (C=O) groups excluding carboxylic acids is 1. The van der Waals surface area contributed by atoms with Crippen LogP contribution in [0.2, 0.25) is 0 Å². The molecule has 1 N–H and O–H groups in total. The SMILES string of the molecule is Cc1nc(C(=O)NC2CCCC2)cc(N2CCCc3ccccc32)n1. The van der Waals surface area contributed by atoms with Crippen LogP contribution in [0.4, 0.5) is 11.5 Å². The van der Waals surface area contributed by atoms with E-state index >= 15 is 0 Å². The molecule has 0 spiro atoms. The Balaban J connectivity index is 1.63. The zero-order valence-electron chi connectivity index (χ0n) is 14.7. The van der Waals surface area contributed by atoms with Crippen LogP contribution >= 0.6 is 0 Å². The van der Waals surface area contributed by atoms with Crippen LogP contribution in [0.5, 0.6) is 0 Å². The Morgan fingerprint density at radius 2 is 1.96 bits per heavy atom. The van der Waals surface area contributed by atoms with Gasteiger partial charge in [-0.15, -0.1) is 0 Å². The third-order valence-corrected chi connectivity index (χ3v) is 5.13. The molecule has 1 aromatic heterocycles. The second kappa shape index (κ2) is 6.82. The number of benzene rings is 1. The van der Waals surface area contributed by atoms with Crippen molar-refractivity contribution in [3.63, 3.8) is 0 Å². The number of hydrogen-bond donors (Lipinski definition) is 1. The fourth-order valence-corrected chi connectivity index (χ4v) is 3.91. The molecule has 5 heteroatoms. The van der Waals surface area contributed by atoms with Gasteiger partial charge in [-0.2, -0.15) is 0 Å². The second-order valence-corrected chi connectivity index (χ2v) is 7.00. The number of carbonyl (C=O) groups is 1. The monoisotopic (exact) mass is 336 g/mol. The molecular formula is C20H24N4O. The molecule has 2 heterocycles. The number of hydrogen-bond acceptors (Lipinski definition) is 4. The lowest BCUT2D eigenvalue weighted by Crippen LogP contribution is -2.33. The Morgan fingerprint density at radius 1 is 1.16 bits per heavy atom. The fourth-order valence-electron chi connectivity index (χ4n) is 3.91. The van der Waals surface area contributed by atoms with Gasteiger partial charge in [-0.3, -0.25) is 4.79 Å². The van der Waals surface area contributed by atoms with Gasteiger partial charge in [-0.1, -0.05) is 31.0 Å². The lowest BCUT2D eigenvalue weighted by Gasteiger charge is -2.30. The summed E-state index contributed by atoms with van der Waals surface area (Å²) in [7, 11) is 0. The van der Waals surface area contributed by atoms with Gasteiger partial charge in [-0.25, -0.2) is 9.97 Å². The molecule has 0 bridgehead atoms. The summed E-state index contributed by atoms with van der Waals surface area (Å²) in [5.74, 6) is 1.37. The fraction of sp³-hybridized carbons (Fsp3) is 0.450. The number of anilines is 2. The highest BCUT2D eigenvalue weighted by atomic mass is 16.1. The van der Waals surface area contributed by atoms with Gasteiger partial charge in [0.1, 0.15) is 17.3 Å². The molecule has 1 amide bonds. The van der Waals surface area contributed by atoms with Crippen molar-refractivity contribution in [2.24, 2.45) is 0 Å². The topological polar surface area (TPSA) is 58.1 Å². The molecule has 5 nitrogen and oxygen atoms in total. The highest BCUT2D eigenvalue weighted by molar-refractivity contribution is 5.93. The Hall–Kier alpha value is -2.43. The summed E-state index contributed by atoms with van der Waals surface area (Å²) in [5, 5.41) is 3.12. The van der Waals surface area contributed by atoms with Crippen LogP contribution < -0.4 is 10.2 Å². The van der Waals surface area contributed by atoms with Crippen molar-refractivity contribution < 1.29 is 4.79 Å². The molecule has 1 aromatic carbocycles. The maximum Gasteiger partial charge on any atom is 0.270 e. The van der Waals surface area contributed by atoms with Gasteiger partial charge >= 0.3 is 0 Å². The summed E-state index contributed by atoms with van der Waals surface area (Å²) in [6.45, 7) is 2.77. The molecule has 1 fully saturated rings. The predicted octanol–water partition coefficient (Wildman–Crippen LogP) is 3.54. The summed E-state index contributed by atoms with van der Waals surface area (Å²) >= 11 is 0. The van der Waals surface area contributed by atoms with Crippen LogP contribution in [0, 0.1) is 6.92 Å². The first-order valence-corrected chi connectivity index (χ1v) is 9.23. The quantitative estimate of drug-likeness (QED) is 0.931. The van der Waals surface area contributed by atoms with Crippen molar-refractivity contribution in [1.29, 1.82) is 0 Å². The molecule has 0 radical (unpaired) electrons. The van der Waals surface area contributed by atoms with Crippen molar-refractivity contribution in [3.8, 4) is 0 Å². The summed E-state index contributed by atoms with van der Waals surface area (Å²) in [6, 6.07) is 10.6.